The first-order valence-electron chi connectivity index (χ1n) is 4.18. The molecule has 0 aromatic rings. The van der Waals surface area contributed by atoms with E-state index >= 15 is 0 Å². The molecule has 0 saturated heterocycles. The molecule has 0 aliphatic rings. The summed E-state index contributed by atoms with van der Waals surface area (Å²) in [6.45, 7) is 15.8. The van der Waals surface area contributed by atoms with Crippen molar-refractivity contribution in [1.82, 2.24) is 0 Å². The molecule has 0 aromatic carbocycles. The van der Waals surface area contributed by atoms with Crippen LogP contribution in [-0.4, -0.2) is 8.80 Å². The summed E-state index contributed by atoms with van der Waals surface area (Å²) in [6.07, 6.45) is 1.12. The second kappa shape index (κ2) is 5.46. The van der Waals surface area contributed by atoms with Gasteiger partial charge in [0, 0.05) is 8.80 Å². The average Bonchev–Trinajstić information content (AvgIpc) is 1.60. The molecule has 1 unspecified atom stereocenters. The molecule has 0 fully saturated rings. The van der Waals surface area contributed by atoms with Crippen molar-refractivity contribution in [3.05, 3.63) is 6.92 Å². The first-order valence-corrected chi connectivity index (χ1v) is 7.16. The van der Waals surface area contributed by atoms with Crippen molar-refractivity contribution >= 4 is 8.80 Å². The van der Waals surface area contributed by atoms with E-state index < -0.39 is 8.80 Å². The molecule has 0 bridgehead atoms. The zero-order chi connectivity index (χ0) is 8.36. The largest absolute Gasteiger partial charge is 1.00 e. The molecule has 0 aliphatic heterocycles. The summed E-state index contributed by atoms with van der Waals surface area (Å²) in [7, 11) is -0.473. The molecule has 0 aliphatic carbocycles. The SMILES string of the molecule is [CH2-]CC([SiH](C)C)C(C)(C)C.[Li+]. The first kappa shape index (κ1) is 14.3. The van der Waals surface area contributed by atoms with Gasteiger partial charge in [0.2, 0.25) is 0 Å². The van der Waals surface area contributed by atoms with Gasteiger partial charge in [-0.05, 0) is 5.41 Å². The van der Waals surface area contributed by atoms with Crippen LogP contribution in [0.2, 0.25) is 18.6 Å². The van der Waals surface area contributed by atoms with Crippen LogP contribution in [0, 0.1) is 12.3 Å². The first-order chi connectivity index (χ1) is 4.39. The van der Waals surface area contributed by atoms with Gasteiger partial charge in [-0.3, -0.25) is 0 Å². The van der Waals surface area contributed by atoms with Crippen molar-refractivity contribution in [2.75, 3.05) is 0 Å². The summed E-state index contributed by atoms with van der Waals surface area (Å²) in [5.74, 6) is 0. The zero-order valence-electron chi connectivity index (χ0n) is 9.07. The van der Waals surface area contributed by atoms with Gasteiger partial charge in [-0.2, -0.15) is 6.42 Å². The Morgan fingerprint density at radius 2 is 1.64 bits per heavy atom. The van der Waals surface area contributed by atoms with E-state index in [-0.39, 0.29) is 18.9 Å². The Hall–Kier alpha value is 0.814. The molecule has 1 atom stereocenters. The molecule has 0 aromatic heterocycles. The Balaban J connectivity index is 0. The Labute approximate surface area is 85.9 Å². The third-order valence-electron chi connectivity index (χ3n) is 2.23. The van der Waals surface area contributed by atoms with Crippen LogP contribution in [0.15, 0.2) is 0 Å². The monoisotopic (exact) mass is 164 g/mol. The van der Waals surface area contributed by atoms with Crippen molar-refractivity contribution in [3.63, 3.8) is 0 Å². The van der Waals surface area contributed by atoms with Crippen LogP contribution in [0.25, 0.3) is 0 Å². The van der Waals surface area contributed by atoms with Crippen LogP contribution in [0.1, 0.15) is 27.2 Å². The molecule has 62 valence electrons. The molecule has 0 spiro atoms. The third-order valence-corrected chi connectivity index (χ3v) is 5.17. The van der Waals surface area contributed by atoms with Crippen molar-refractivity contribution in [3.8, 4) is 0 Å². The van der Waals surface area contributed by atoms with E-state index in [1.807, 2.05) is 0 Å². The summed E-state index contributed by atoms with van der Waals surface area (Å²) in [5.41, 5.74) is 1.38. The number of hydrogen-bond donors (Lipinski definition) is 0. The van der Waals surface area contributed by atoms with Gasteiger partial charge in [0.05, 0.1) is 0 Å². The van der Waals surface area contributed by atoms with Gasteiger partial charge in [0.1, 0.15) is 0 Å². The fraction of sp³-hybridized carbons (Fsp3) is 0.889. The van der Waals surface area contributed by atoms with Crippen LogP contribution in [0.4, 0.5) is 0 Å². The minimum absolute atomic E-state index is 0. The summed E-state index contributed by atoms with van der Waals surface area (Å²) in [6, 6.07) is 0. The molecule has 0 rings (SSSR count). The Bertz CT molecular complexity index is 94.2. The molecule has 0 radical (unpaired) electrons. The van der Waals surface area contributed by atoms with E-state index in [9.17, 15) is 0 Å². The van der Waals surface area contributed by atoms with E-state index in [1.54, 1.807) is 0 Å². The fourth-order valence-corrected chi connectivity index (χ4v) is 4.43. The third kappa shape index (κ3) is 5.12. The Morgan fingerprint density at radius 1 is 1.27 bits per heavy atom. The molecule has 0 N–H and O–H groups in total. The average molecular weight is 164 g/mol. The predicted molar refractivity (Wildman–Crippen MR) is 52.1 cm³/mol. The van der Waals surface area contributed by atoms with E-state index in [0.717, 1.165) is 12.0 Å². The molecular weight excluding hydrogens is 143 g/mol. The number of rotatable bonds is 2. The minimum Gasteiger partial charge on any atom is -0.343 e. The maximum atomic E-state index is 4.01. The second-order valence-electron chi connectivity index (χ2n) is 4.51. The quantitative estimate of drug-likeness (QED) is 0.402. The van der Waals surface area contributed by atoms with Crippen LogP contribution in [0.5, 0.6) is 0 Å². The summed E-state index contributed by atoms with van der Waals surface area (Å²) in [4.78, 5) is 0. The second-order valence-corrected chi connectivity index (χ2v) is 7.80. The smallest absolute Gasteiger partial charge is 0.343 e. The van der Waals surface area contributed by atoms with Gasteiger partial charge >= 0.3 is 18.9 Å². The zero-order valence-corrected chi connectivity index (χ0v) is 10.2. The van der Waals surface area contributed by atoms with Gasteiger partial charge < -0.3 is 6.92 Å². The summed E-state index contributed by atoms with van der Waals surface area (Å²) < 4.78 is 0. The van der Waals surface area contributed by atoms with E-state index in [4.69, 9.17) is 0 Å². The van der Waals surface area contributed by atoms with E-state index in [0.29, 0.717) is 5.41 Å². The molecule has 11 heavy (non-hydrogen) atoms. The van der Waals surface area contributed by atoms with E-state index in [1.165, 1.54) is 0 Å². The minimum atomic E-state index is -0.473. The van der Waals surface area contributed by atoms with Crippen LogP contribution < -0.4 is 18.9 Å². The van der Waals surface area contributed by atoms with Gasteiger partial charge in [0.15, 0.2) is 0 Å². The van der Waals surface area contributed by atoms with Crippen molar-refractivity contribution < 1.29 is 18.9 Å². The molecule has 0 saturated carbocycles. The fourth-order valence-electron chi connectivity index (χ4n) is 1.77. The normalized spacial score (nSPS) is 14.5. The predicted octanol–water partition coefficient (Wildman–Crippen LogP) is 0.118. The van der Waals surface area contributed by atoms with Gasteiger partial charge in [-0.25, -0.2) is 0 Å². The van der Waals surface area contributed by atoms with Crippen molar-refractivity contribution in [2.45, 2.75) is 45.8 Å². The maximum absolute atomic E-state index is 4.01. The van der Waals surface area contributed by atoms with Crippen LogP contribution in [0.3, 0.4) is 0 Å². The summed E-state index contributed by atoms with van der Waals surface area (Å²) in [5, 5.41) is 0. The van der Waals surface area contributed by atoms with E-state index in [2.05, 4.69) is 40.8 Å². The van der Waals surface area contributed by atoms with Crippen molar-refractivity contribution in [1.29, 1.82) is 0 Å². The van der Waals surface area contributed by atoms with Gasteiger partial charge in [-0.1, -0.05) is 39.4 Å². The summed E-state index contributed by atoms with van der Waals surface area (Å²) >= 11 is 0. The topological polar surface area (TPSA) is 0 Å². The molecular formula is C9H21LiSi. The molecule has 0 amide bonds. The van der Waals surface area contributed by atoms with Crippen LogP contribution in [-0.2, 0) is 0 Å². The Kier molecular flexibility index (Phi) is 7.12. The maximum Gasteiger partial charge on any atom is 1.00 e. The molecule has 0 heterocycles. The van der Waals surface area contributed by atoms with Crippen molar-refractivity contribution in [2.24, 2.45) is 5.41 Å². The standard InChI is InChI=1S/C9H21Si.Li/c1-7-8(10(5)6)9(2,3)4;/h8,10H,1,7H2,2-6H3;/q-1;+1. The molecule has 0 nitrogen and oxygen atoms in total. The molecule has 2 heteroatoms. The van der Waals surface area contributed by atoms with Crippen LogP contribution >= 0.6 is 0 Å². The number of hydrogen-bond acceptors (Lipinski definition) is 0. The van der Waals surface area contributed by atoms with Gasteiger partial charge in [0.25, 0.3) is 0 Å². The Morgan fingerprint density at radius 3 is 1.64 bits per heavy atom. The van der Waals surface area contributed by atoms with Gasteiger partial charge in [-0.15, -0.1) is 0 Å².